The van der Waals surface area contributed by atoms with Crippen molar-refractivity contribution in [1.82, 2.24) is 0 Å². The van der Waals surface area contributed by atoms with Gasteiger partial charge in [0, 0.05) is 11.4 Å². The van der Waals surface area contributed by atoms with E-state index in [-0.39, 0.29) is 9.79 Å². The molecule has 2 aromatic carbocycles. The van der Waals surface area contributed by atoms with Gasteiger partial charge < -0.3 is 11.5 Å². The number of aryl methyl sites for hydroxylation is 2. The molecule has 0 aliphatic carbocycles. The van der Waals surface area contributed by atoms with Crippen molar-refractivity contribution in [2.24, 2.45) is 0 Å². The van der Waals surface area contributed by atoms with Gasteiger partial charge in [-0.25, -0.2) is 8.42 Å². The summed E-state index contributed by atoms with van der Waals surface area (Å²) in [7, 11) is -3.55. The second-order valence-corrected chi connectivity index (χ2v) is 6.88. The number of nitrogen functional groups attached to an aromatic ring is 2. The van der Waals surface area contributed by atoms with Crippen molar-refractivity contribution in [3.05, 3.63) is 47.5 Å². The van der Waals surface area contributed by atoms with E-state index < -0.39 is 9.84 Å². The SMILES string of the molecule is CCc1cc(S(=O)(=O)c2ccc(N)c(CC)c2)ccc1N. The van der Waals surface area contributed by atoms with Crippen LogP contribution in [0.3, 0.4) is 0 Å². The van der Waals surface area contributed by atoms with Crippen LogP contribution < -0.4 is 11.5 Å². The molecule has 0 unspecified atom stereocenters. The zero-order valence-electron chi connectivity index (χ0n) is 12.3. The van der Waals surface area contributed by atoms with Crippen LogP contribution in [0.4, 0.5) is 11.4 Å². The summed E-state index contributed by atoms with van der Waals surface area (Å²) in [4.78, 5) is 0.528. The topological polar surface area (TPSA) is 86.2 Å². The van der Waals surface area contributed by atoms with Gasteiger partial charge in [-0.1, -0.05) is 13.8 Å². The lowest BCUT2D eigenvalue weighted by Gasteiger charge is -2.10. The van der Waals surface area contributed by atoms with Crippen molar-refractivity contribution in [2.75, 3.05) is 11.5 Å². The molecule has 21 heavy (non-hydrogen) atoms. The largest absolute Gasteiger partial charge is 0.399 e. The van der Waals surface area contributed by atoms with Crippen molar-refractivity contribution in [3.8, 4) is 0 Å². The smallest absolute Gasteiger partial charge is 0.206 e. The molecule has 112 valence electrons. The number of hydrogen-bond donors (Lipinski definition) is 2. The molecule has 0 saturated carbocycles. The summed E-state index contributed by atoms with van der Waals surface area (Å²) in [6.45, 7) is 3.89. The van der Waals surface area contributed by atoms with Gasteiger partial charge in [-0.3, -0.25) is 0 Å². The normalized spacial score (nSPS) is 11.5. The van der Waals surface area contributed by atoms with E-state index in [1.165, 1.54) is 0 Å². The molecule has 0 amide bonds. The molecule has 4 nitrogen and oxygen atoms in total. The minimum atomic E-state index is -3.55. The van der Waals surface area contributed by atoms with Crippen molar-refractivity contribution >= 4 is 21.2 Å². The third-order valence-electron chi connectivity index (χ3n) is 3.61. The van der Waals surface area contributed by atoms with Gasteiger partial charge >= 0.3 is 0 Å². The molecule has 0 aromatic heterocycles. The summed E-state index contributed by atoms with van der Waals surface area (Å²) in [5.74, 6) is 0. The summed E-state index contributed by atoms with van der Waals surface area (Å²) in [6, 6.07) is 9.67. The van der Waals surface area contributed by atoms with Gasteiger partial charge in [0.05, 0.1) is 9.79 Å². The first-order valence-corrected chi connectivity index (χ1v) is 8.40. The molecular weight excluding hydrogens is 284 g/mol. The molecule has 0 aliphatic rings. The van der Waals surface area contributed by atoms with E-state index in [0.717, 1.165) is 11.1 Å². The second kappa shape index (κ2) is 5.77. The third kappa shape index (κ3) is 2.88. The molecule has 2 rings (SSSR count). The molecule has 5 heteroatoms. The van der Waals surface area contributed by atoms with E-state index in [1.54, 1.807) is 36.4 Å². The molecule has 0 spiro atoms. The van der Waals surface area contributed by atoms with Crippen LogP contribution in [0.15, 0.2) is 46.2 Å². The highest BCUT2D eigenvalue weighted by atomic mass is 32.2. The number of nitrogens with two attached hydrogens (primary N) is 2. The summed E-state index contributed by atoms with van der Waals surface area (Å²) in [5.41, 5.74) is 14.6. The predicted octanol–water partition coefficient (Wildman–Crippen LogP) is 2.81. The van der Waals surface area contributed by atoms with Crippen LogP contribution in [0.2, 0.25) is 0 Å². The van der Waals surface area contributed by atoms with Gasteiger partial charge in [0.15, 0.2) is 0 Å². The number of benzene rings is 2. The van der Waals surface area contributed by atoms with Crippen LogP contribution in [0.25, 0.3) is 0 Å². The van der Waals surface area contributed by atoms with E-state index in [0.29, 0.717) is 24.2 Å². The zero-order valence-corrected chi connectivity index (χ0v) is 13.1. The van der Waals surface area contributed by atoms with Gasteiger partial charge in [-0.15, -0.1) is 0 Å². The summed E-state index contributed by atoms with van der Waals surface area (Å²) >= 11 is 0. The Morgan fingerprint density at radius 3 is 1.52 bits per heavy atom. The Kier molecular flexibility index (Phi) is 4.23. The van der Waals surface area contributed by atoms with E-state index >= 15 is 0 Å². The second-order valence-electron chi connectivity index (χ2n) is 4.93. The molecule has 2 aromatic rings. The van der Waals surface area contributed by atoms with Crippen LogP contribution in [0.5, 0.6) is 0 Å². The molecule has 0 aliphatic heterocycles. The Balaban J connectivity index is 2.56. The maximum atomic E-state index is 12.7. The highest BCUT2D eigenvalue weighted by Gasteiger charge is 2.19. The number of sulfone groups is 1. The standard InChI is InChI=1S/C16H20N2O2S/c1-3-11-9-13(5-7-15(11)17)21(19,20)14-6-8-16(18)12(4-2)10-14/h5-10H,3-4,17-18H2,1-2H3. The van der Waals surface area contributed by atoms with Crippen molar-refractivity contribution in [1.29, 1.82) is 0 Å². The monoisotopic (exact) mass is 304 g/mol. The third-order valence-corrected chi connectivity index (χ3v) is 5.36. The van der Waals surface area contributed by atoms with E-state index in [1.807, 2.05) is 13.8 Å². The van der Waals surface area contributed by atoms with Gasteiger partial charge in [-0.2, -0.15) is 0 Å². The maximum Gasteiger partial charge on any atom is 0.206 e. The van der Waals surface area contributed by atoms with Crippen LogP contribution in [0, 0.1) is 0 Å². The van der Waals surface area contributed by atoms with Crippen molar-refractivity contribution in [3.63, 3.8) is 0 Å². The van der Waals surface area contributed by atoms with Gasteiger partial charge in [0.1, 0.15) is 0 Å². The highest BCUT2D eigenvalue weighted by Crippen LogP contribution is 2.27. The number of anilines is 2. The molecule has 0 radical (unpaired) electrons. The van der Waals surface area contributed by atoms with E-state index in [2.05, 4.69) is 0 Å². The quantitative estimate of drug-likeness (QED) is 0.850. The first-order valence-electron chi connectivity index (χ1n) is 6.92. The van der Waals surface area contributed by atoms with Gasteiger partial charge in [0.2, 0.25) is 9.84 Å². The first kappa shape index (κ1) is 15.4. The highest BCUT2D eigenvalue weighted by molar-refractivity contribution is 7.91. The first-order chi connectivity index (χ1) is 9.90. The van der Waals surface area contributed by atoms with Crippen LogP contribution in [-0.2, 0) is 22.7 Å². The molecule has 0 saturated heterocycles. The maximum absolute atomic E-state index is 12.7. The molecule has 0 atom stereocenters. The lowest BCUT2D eigenvalue weighted by molar-refractivity contribution is 0.596. The summed E-state index contributed by atoms with van der Waals surface area (Å²) < 4.78 is 25.4. The molecular formula is C16H20N2O2S. The van der Waals surface area contributed by atoms with E-state index in [4.69, 9.17) is 11.5 Å². The number of hydrogen-bond acceptors (Lipinski definition) is 4. The lowest BCUT2D eigenvalue weighted by atomic mass is 10.1. The molecule has 4 N–H and O–H groups in total. The van der Waals surface area contributed by atoms with Crippen LogP contribution >= 0.6 is 0 Å². The predicted molar refractivity (Wildman–Crippen MR) is 85.9 cm³/mol. The fourth-order valence-corrected chi connectivity index (χ4v) is 3.61. The summed E-state index contributed by atoms with van der Waals surface area (Å²) in [6.07, 6.45) is 1.38. The van der Waals surface area contributed by atoms with Gasteiger partial charge in [0.25, 0.3) is 0 Å². The Labute approximate surface area is 125 Å². The van der Waals surface area contributed by atoms with Crippen molar-refractivity contribution < 1.29 is 8.42 Å². The average Bonchev–Trinajstić information content (AvgIpc) is 2.47. The van der Waals surface area contributed by atoms with Crippen LogP contribution in [0.1, 0.15) is 25.0 Å². The zero-order chi connectivity index (χ0) is 15.6. The Hall–Kier alpha value is -2.01. The molecule has 0 heterocycles. The fourth-order valence-electron chi connectivity index (χ4n) is 2.25. The Morgan fingerprint density at radius 1 is 0.810 bits per heavy atom. The van der Waals surface area contributed by atoms with Gasteiger partial charge in [-0.05, 0) is 60.4 Å². The Morgan fingerprint density at radius 2 is 1.19 bits per heavy atom. The van der Waals surface area contributed by atoms with E-state index in [9.17, 15) is 8.42 Å². The Bertz CT molecular complexity index is 708. The van der Waals surface area contributed by atoms with Crippen LogP contribution in [-0.4, -0.2) is 8.42 Å². The number of rotatable bonds is 4. The lowest BCUT2D eigenvalue weighted by Crippen LogP contribution is -2.05. The average molecular weight is 304 g/mol. The summed E-state index contributed by atoms with van der Waals surface area (Å²) in [5, 5.41) is 0. The molecule has 0 fully saturated rings. The minimum Gasteiger partial charge on any atom is -0.399 e. The van der Waals surface area contributed by atoms with Crippen molar-refractivity contribution in [2.45, 2.75) is 36.5 Å². The molecule has 0 bridgehead atoms. The minimum absolute atomic E-state index is 0.264. The fraction of sp³-hybridized carbons (Fsp3) is 0.250.